The molecule has 180 valence electrons. The molecule has 3 rings (SSSR count). The van der Waals surface area contributed by atoms with E-state index in [9.17, 15) is 4.79 Å². The highest BCUT2D eigenvalue weighted by Crippen LogP contribution is 2.34. The van der Waals surface area contributed by atoms with E-state index in [-0.39, 0.29) is 12.0 Å². The van der Waals surface area contributed by atoms with Gasteiger partial charge in [0.15, 0.2) is 12.3 Å². The Hall–Kier alpha value is -3.41. The van der Waals surface area contributed by atoms with Crippen molar-refractivity contribution in [3.63, 3.8) is 0 Å². The Balaban J connectivity index is 1.71. The summed E-state index contributed by atoms with van der Waals surface area (Å²) in [5.74, 6) is -0.118. The fourth-order valence-electron chi connectivity index (χ4n) is 4.04. The molecule has 34 heavy (non-hydrogen) atoms. The highest BCUT2D eigenvalue weighted by atomic mass is 16.6. The number of fused-ring (bicyclic) bond motifs is 1. The zero-order valence-corrected chi connectivity index (χ0v) is 20.0. The van der Waals surface area contributed by atoms with E-state index in [0.29, 0.717) is 6.61 Å². The smallest absolute Gasteiger partial charge is 0.350 e. The highest BCUT2D eigenvalue weighted by Gasteiger charge is 2.25. The molecule has 0 aliphatic carbocycles. The number of hydrogen-bond donors (Lipinski definition) is 1. The molecule has 0 saturated carbocycles. The van der Waals surface area contributed by atoms with Crippen molar-refractivity contribution < 1.29 is 19.5 Å². The molecule has 0 aliphatic heterocycles. The van der Waals surface area contributed by atoms with E-state index < -0.39 is 5.97 Å². The number of hydrogen-bond acceptors (Lipinski definition) is 5. The van der Waals surface area contributed by atoms with Gasteiger partial charge in [0.2, 0.25) is 0 Å². The van der Waals surface area contributed by atoms with E-state index in [1.165, 1.54) is 0 Å². The molecule has 0 fully saturated rings. The predicted octanol–water partition coefficient (Wildman–Crippen LogP) is 6.94. The summed E-state index contributed by atoms with van der Waals surface area (Å²) in [6.07, 6.45) is 6.91. The molecule has 0 spiro atoms. The summed E-state index contributed by atoms with van der Waals surface area (Å²) < 4.78 is 5.97. The fourth-order valence-corrected chi connectivity index (χ4v) is 4.04. The lowest BCUT2D eigenvalue weighted by molar-refractivity contribution is -0.129. The third-order valence-corrected chi connectivity index (χ3v) is 5.87. The van der Waals surface area contributed by atoms with Crippen LogP contribution in [0.2, 0.25) is 0 Å². The maximum Gasteiger partial charge on any atom is 0.350 e. The van der Waals surface area contributed by atoms with Crippen molar-refractivity contribution in [1.82, 2.24) is 4.98 Å². The minimum Gasteiger partial charge on any atom is -0.487 e. The second-order valence-corrected chi connectivity index (χ2v) is 8.50. The van der Waals surface area contributed by atoms with Crippen molar-refractivity contribution in [3.8, 4) is 5.75 Å². The van der Waals surface area contributed by atoms with E-state index in [0.717, 1.165) is 72.6 Å². The minimum atomic E-state index is -1.12. The lowest BCUT2D eigenvalue weighted by Crippen LogP contribution is -2.16. The van der Waals surface area contributed by atoms with Gasteiger partial charge in [-0.1, -0.05) is 81.1 Å². The fraction of sp³-hybridized carbons (Fsp3) is 0.393. The number of aliphatic carboxylic acids is 1. The van der Waals surface area contributed by atoms with Gasteiger partial charge in [0.25, 0.3) is 0 Å². The van der Waals surface area contributed by atoms with Crippen LogP contribution in [0.5, 0.6) is 5.75 Å². The molecule has 0 radical (unpaired) electrons. The standard InChI is InChI=1S/C28H34N2O4/c1-3-5-9-22(10-6-4-2)28(34-29-19-27(31)32)23-14-17-25(18-15-23)33-20-24-16-13-21-11-7-8-12-26(21)30-24/h7-8,11-19,22,28H,3-6,9-10,20H2,1-2H3,(H,31,32)/b29-19+. The van der Waals surface area contributed by atoms with E-state index in [1.54, 1.807) is 0 Å². The van der Waals surface area contributed by atoms with Crippen molar-refractivity contribution in [2.24, 2.45) is 11.1 Å². The first-order valence-corrected chi connectivity index (χ1v) is 12.1. The topological polar surface area (TPSA) is 81.0 Å². The van der Waals surface area contributed by atoms with Crippen molar-refractivity contribution in [2.75, 3.05) is 0 Å². The molecule has 1 aromatic heterocycles. The molecule has 0 aliphatic rings. The van der Waals surface area contributed by atoms with Crippen molar-refractivity contribution in [2.45, 2.75) is 65.1 Å². The number of carbonyl (C=O) groups is 1. The third kappa shape index (κ3) is 7.58. The van der Waals surface area contributed by atoms with Gasteiger partial charge in [-0.3, -0.25) is 0 Å². The molecular weight excluding hydrogens is 428 g/mol. The molecule has 1 atom stereocenters. The van der Waals surface area contributed by atoms with Crippen molar-refractivity contribution in [3.05, 3.63) is 71.9 Å². The molecule has 2 aromatic carbocycles. The van der Waals surface area contributed by atoms with E-state index in [1.807, 2.05) is 54.6 Å². The van der Waals surface area contributed by atoms with Crippen LogP contribution in [0.1, 0.15) is 69.7 Å². The predicted molar refractivity (Wildman–Crippen MR) is 135 cm³/mol. The van der Waals surface area contributed by atoms with Crippen LogP contribution in [-0.4, -0.2) is 22.3 Å². The van der Waals surface area contributed by atoms with Crippen molar-refractivity contribution in [1.29, 1.82) is 0 Å². The van der Waals surface area contributed by atoms with Gasteiger partial charge >= 0.3 is 5.97 Å². The maximum atomic E-state index is 10.9. The number of carboxylic acid groups (broad SMARTS) is 1. The molecule has 1 unspecified atom stereocenters. The van der Waals surface area contributed by atoms with Gasteiger partial charge in [-0.05, 0) is 42.7 Å². The van der Waals surface area contributed by atoms with Crippen LogP contribution in [0.3, 0.4) is 0 Å². The Labute approximate surface area is 201 Å². The first-order valence-electron chi connectivity index (χ1n) is 12.1. The van der Waals surface area contributed by atoms with Crippen LogP contribution in [0, 0.1) is 5.92 Å². The van der Waals surface area contributed by atoms with Crippen LogP contribution in [0.25, 0.3) is 10.9 Å². The van der Waals surface area contributed by atoms with E-state index in [4.69, 9.17) is 14.7 Å². The normalized spacial score (nSPS) is 12.3. The summed E-state index contributed by atoms with van der Waals surface area (Å²) in [4.78, 5) is 21.3. The number of oxime groups is 1. The Kier molecular flexibility index (Phi) is 9.89. The molecule has 6 nitrogen and oxygen atoms in total. The SMILES string of the molecule is CCCCC(CCCC)C(O/N=C/C(=O)O)c1ccc(OCc2ccc3ccccc3n2)cc1. The van der Waals surface area contributed by atoms with E-state index >= 15 is 0 Å². The molecule has 1 N–H and O–H groups in total. The lowest BCUT2D eigenvalue weighted by atomic mass is 9.87. The van der Waals surface area contributed by atoms with Crippen LogP contribution < -0.4 is 4.74 Å². The number of pyridine rings is 1. The van der Waals surface area contributed by atoms with Crippen LogP contribution in [-0.2, 0) is 16.2 Å². The number of para-hydroxylation sites is 1. The van der Waals surface area contributed by atoms with Gasteiger partial charge in [0, 0.05) is 11.3 Å². The number of nitrogens with zero attached hydrogens (tertiary/aromatic N) is 2. The van der Waals surface area contributed by atoms with Crippen LogP contribution >= 0.6 is 0 Å². The summed E-state index contributed by atoms with van der Waals surface area (Å²) in [6, 6.07) is 19.8. The van der Waals surface area contributed by atoms with Gasteiger partial charge < -0.3 is 14.7 Å². The highest BCUT2D eigenvalue weighted by molar-refractivity contribution is 6.21. The number of rotatable bonds is 14. The summed E-state index contributed by atoms with van der Waals surface area (Å²) >= 11 is 0. The largest absolute Gasteiger partial charge is 0.487 e. The Bertz CT molecular complexity index is 1060. The summed E-state index contributed by atoms with van der Waals surface area (Å²) in [5, 5.41) is 13.8. The molecule has 1 heterocycles. The average Bonchev–Trinajstić information content (AvgIpc) is 2.86. The molecule has 0 bridgehead atoms. The molecular formula is C28H34N2O4. The zero-order chi connectivity index (χ0) is 24.2. The Morgan fingerprint density at radius 3 is 2.38 bits per heavy atom. The summed E-state index contributed by atoms with van der Waals surface area (Å²) in [5.41, 5.74) is 2.79. The monoisotopic (exact) mass is 462 g/mol. The van der Waals surface area contributed by atoms with Gasteiger partial charge in [-0.2, -0.15) is 0 Å². The number of benzene rings is 2. The quantitative estimate of drug-likeness (QED) is 0.207. The summed E-state index contributed by atoms with van der Waals surface area (Å²) in [6.45, 7) is 4.72. The minimum absolute atomic E-state index is 0.263. The molecule has 0 amide bonds. The van der Waals surface area contributed by atoms with Gasteiger partial charge in [0.1, 0.15) is 12.4 Å². The molecule has 0 saturated heterocycles. The first kappa shape index (κ1) is 25.2. The number of carboxylic acids is 1. The second kappa shape index (κ2) is 13.3. The lowest BCUT2D eigenvalue weighted by Gasteiger charge is -2.26. The summed E-state index contributed by atoms with van der Waals surface area (Å²) in [7, 11) is 0. The second-order valence-electron chi connectivity index (χ2n) is 8.50. The zero-order valence-electron chi connectivity index (χ0n) is 20.0. The Morgan fingerprint density at radius 1 is 1.00 bits per heavy atom. The number of aromatic nitrogens is 1. The Morgan fingerprint density at radius 2 is 1.71 bits per heavy atom. The maximum absolute atomic E-state index is 10.9. The molecule has 3 aromatic rings. The molecule has 6 heteroatoms. The number of ether oxygens (including phenoxy) is 1. The van der Waals surface area contributed by atoms with Gasteiger partial charge in [0.05, 0.1) is 11.2 Å². The van der Waals surface area contributed by atoms with Gasteiger partial charge in [-0.25, -0.2) is 9.78 Å². The first-order chi connectivity index (χ1) is 16.6. The van der Waals surface area contributed by atoms with Crippen molar-refractivity contribution >= 4 is 23.1 Å². The van der Waals surface area contributed by atoms with Crippen LogP contribution in [0.15, 0.2) is 65.8 Å². The van der Waals surface area contributed by atoms with Gasteiger partial charge in [-0.15, -0.1) is 0 Å². The van der Waals surface area contributed by atoms with E-state index in [2.05, 4.69) is 30.1 Å². The number of unbranched alkanes of at least 4 members (excludes halogenated alkanes) is 2. The average molecular weight is 463 g/mol. The van der Waals surface area contributed by atoms with Crippen LogP contribution in [0.4, 0.5) is 0 Å². The third-order valence-electron chi connectivity index (χ3n) is 5.87.